The predicted octanol–water partition coefficient (Wildman–Crippen LogP) is 2.78. The Balaban J connectivity index is 1.56. The number of aromatic nitrogens is 2. The Hall–Kier alpha value is -1.92. The van der Waals surface area contributed by atoms with Crippen LogP contribution in [-0.2, 0) is 25.9 Å². The van der Waals surface area contributed by atoms with Crippen molar-refractivity contribution in [3.05, 3.63) is 56.0 Å². The van der Waals surface area contributed by atoms with E-state index in [1.165, 1.54) is 18.9 Å². The van der Waals surface area contributed by atoms with E-state index >= 15 is 0 Å². The molecular formula is C18H19ClFN3O2. The molecule has 1 saturated carbocycles. The summed E-state index contributed by atoms with van der Waals surface area (Å²) >= 11 is 5.85. The van der Waals surface area contributed by atoms with E-state index in [1.54, 1.807) is 0 Å². The van der Waals surface area contributed by atoms with E-state index in [0.29, 0.717) is 37.5 Å². The molecule has 1 aromatic carbocycles. The van der Waals surface area contributed by atoms with Crippen LogP contribution in [0.3, 0.4) is 0 Å². The fourth-order valence-corrected chi connectivity index (χ4v) is 3.58. The first kappa shape index (κ1) is 16.5. The van der Waals surface area contributed by atoms with Gasteiger partial charge in [0.25, 0.3) is 5.56 Å². The van der Waals surface area contributed by atoms with Crippen LogP contribution in [0.1, 0.15) is 35.5 Å². The third-order valence-electron chi connectivity index (χ3n) is 4.88. The lowest BCUT2D eigenvalue weighted by molar-refractivity contribution is 0.236. The second-order valence-corrected chi connectivity index (χ2v) is 7.35. The molecule has 0 radical (unpaired) electrons. The molecule has 1 aliphatic carbocycles. The maximum Gasteiger partial charge on any atom is 0.254 e. The molecule has 0 bridgehead atoms. The molecule has 2 aliphatic rings. The van der Waals surface area contributed by atoms with Crippen LogP contribution in [0.2, 0.25) is 5.02 Å². The fourth-order valence-electron chi connectivity index (χ4n) is 3.35. The van der Waals surface area contributed by atoms with Crippen LogP contribution in [0.4, 0.5) is 4.39 Å². The van der Waals surface area contributed by atoms with Crippen LogP contribution in [0, 0.1) is 11.7 Å². The molecule has 0 saturated heterocycles. The molecule has 4 rings (SSSR count). The van der Waals surface area contributed by atoms with Gasteiger partial charge in [-0.1, -0.05) is 11.6 Å². The van der Waals surface area contributed by atoms with E-state index in [4.69, 9.17) is 11.6 Å². The molecule has 0 atom stereocenters. The molecule has 1 aromatic heterocycles. The minimum atomic E-state index is -0.475. The monoisotopic (exact) mass is 363 g/mol. The zero-order chi connectivity index (χ0) is 17.6. The highest BCUT2D eigenvalue weighted by molar-refractivity contribution is 6.32. The van der Waals surface area contributed by atoms with Crippen molar-refractivity contribution in [2.75, 3.05) is 6.54 Å². The first-order chi connectivity index (χ1) is 12.0. The largest absolute Gasteiger partial charge is 0.506 e. The maximum atomic E-state index is 13.6. The van der Waals surface area contributed by atoms with Gasteiger partial charge in [0.05, 0.1) is 10.7 Å². The first-order valence-corrected chi connectivity index (χ1v) is 8.87. The molecule has 7 heteroatoms. The Morgan fingerprint density at radius 3 is 2.96 bits per heavy atom. The molecule has 0 amide bonds. The average molecular weight is 364 g/mol. The summed E-state index contributed by atoms with van der Waals surface area (Å²) in [5, 5.41) is 10.1. The maximum absolute atomic E-state index is 13.6. The molecule has 0 unspecified atom stereocenters. The number of aromatic amines is 1. The van der Waals surface area contributed by atoms with Crippen molar-refractivity contribution in [2.24, 2.45) is 5.92 Å². The van der Waals surface area contributed by atoms with Gasteiger partial charge < -0.3 is 10.1 Å². The summed E-state index contributed by atoms with van der Waals surface area (Å²) in [6, 6.07) is 2.39. The molecule has 1 aliphatic heterocycles. The van der Waals surface area contributed by atoms with E-state index in [9.17, 15) is 14.3 Å². The molecule has 2 heterocycles. The van der Waals surface area contributed by atoms with Gasteiger partial charge in [-0.2, -0.15) is 0 Å². The van der Waals surface area contributed by atoms with Crippen molar-refractivity contribution in [1.82, 2.24) is 14.9 Å². The zero-order valence-corrected chi connectivity index (χ0v) is 14.4. The van der Waals surface area contributed by atoms with Crippen LogP contribution >= 0.6 is 11.6 Å². The van der Waals surface area contributed by atoms with E-state index in [1.807, 2.05) is 4.90 Å². The van der Waals surface area contributed by atoms with Gasteiger partial charge in [0.15, 0.2) is 0 Å². The number of aromatic hydroxyl groups is 1. The van der Waals surface area contributed by atoms with E-state index < -0.39 is 5.82 Å². The number of benzene rings is 1. The quantitative estimate of drug-likeness (QED) is 0.876. The predicted molar refractivity (Wildman–Crippen MR) is 92.2 cm³/mol. The summed E-state index contributed by atoms with van der Waals surface area (Å²) in [6.45, 7) is 1.51. The van der Waals surface area contributed by atoms with Gasteiger partial charge >= 0.3 is 0 Å². The molecule has 1 fully saturated rings. The standard InChI is InChI=1S/C18H19ClFN3O2/c19-14-7-12(20)6-11(17(14)24)8-23-4-3-13-15(9-23)21-16(22-18(13)25)5-10-1-2-10/h6-7,10,24H,1-5,8-9H2,(H,21,22,25). The summed E-state index contributed by atoms with van der Waals surface area (Å²) in [7, 11) is 0. The van der Waals surface area contributed by atoms with Crippen molar-refractivity contribution in [3.8, 4) is 5.75 Å². The number of hydrogen-bond donors (Lipinski definition) is 2. The number of nitrogens with zero attached hydrogens (tertiary/aromatic N) is 2. The van der Waals surface area contributed by atoms with Gasteiger partial charge in [-0.3, -0.25) is 9.69 Å². The minimum absolute atomic E-state index is 0.00805. The third kappa shape index (κ3) is 3.55. The molecule has 5 nitrogen and oxygen atoms in total. The second kappa shape index (κ2) is 6.42. The van der Waals surface area contributed by atoms with Gasteiger partial charge in [0, 0.05) is 37.2 Å². The highest BCUT2D eigenvalue weighted by atomic mass is 35.5. The van der Waals surface area contributed by atoms with Crippen molar-refractivity contribution in [3.63, 3.8) is 0 Å². The van der Waals surface area contributed by atoms with E-state index in [-0.39, 0.29) is 16.3 Å². The number of phenolic OH excluding ortho intramolecular Hbond substituents is 1. The van der Waals surface area contributed by atoms with Crippen LogP contribution in [0.5, 0.6) is 5.75 Å². The normalized spacial score (nSPS) is 17.5. The summed E-state index contributed by atoms with van der Waals surface area (Å²) in [5.74, 6) is 0.829. The summed E-state index contributed by atoms with van der Waals surface area (Å²) in [4.78, 5) is 21.9. The van der Waals surface area contributed by atoms with Crippen LogP contribution < -0.4 is 5.56 Å². The highest BCUT2D eigenvalue weighted by Crippen LogP contribution is 2.32. The van der Waals surface area contributed by atoms with Crippen molar-refractivity contribution in [2.45, 2.75) is 38.8 Å². The molecular weight excluding hydrogens is 345 g/mol. The Labute approximate surface area is 149 Å². The smallest absolute Gasteiger partial charge is 0.254 e. The second-order valence-electron chi connectivity index (χ2n) is 6.94. The molecule has 2 aromatic rings. The number of nitrogens with one attached hydrogen (secondary N) is 1. The van der Waals surface area contributed by atoms with E-state index in [0.717, 1.165) is 29.6 Å². The average Bonchev–Trinajstić information content (AvgIpc) is 3.36. The Kier molecular flexibility index (Phi) is 4.25. The first-order valence-electron chi connectivity index (χ1n) is 8.50. The fraction of sp³-hybridized carbons (Fsp3) is 0.444. The lowest BCUT2D eigenvalue weighted by Gasteiger charge is -2.28. The van der Waals surface area contributed by atoms with Gasteiger partial charge in [0.1, 0.15) is 17.4 Å². The van der Waals surface area contributed by atoms with E-state index in [2.05, 4.69) is 9.97 Å². The summed E-state index contributed by atoms with van der Waals surface area (Å²) in [5.41, 5.74) is 1.92. The topological polar surface area (TPSA) is 69.2 Å². The number of fused-ring (bicyclic) bond motifs is 1. The highest BCUT2D eigenvalue weighted by Gasteiger charge is 2.26. The van der Waals surface area contributed by atoms with Gasteiger partial charge in [0.2, 0.25) is 0 Å². The number of rotatable bonds is 4. The van der Waals surface area contributed by atoms with Crippen LogP contribution in [-0.4, -0.2) is 26.5 Å². The van der Waals surface area contributed by atoms with Crippen LogP contribution in [0.15, 0.2) is 16.9 Å². The number of phenols is 1. The number of hydrogen-bond acceptors (Lipinski definition) is 4. The Morgan fingerprint density at radius 1 is 1.40 bits per heavy atom. The van der Waals surface area contributed by atoms with Crippen molar-refractivity contribution < 1.29 is 9.50 Å². The van der Waals surface area contributed by atoms with Gasteiger partial charge in [-0.15, -0.1) is 0 Å². The minimum Gasteiger partial charge on any atom is -0.506 e. The van der Waals surface area contributed by atoms with Gasteiger partial charge in [-0.05, 0) is 37.3 Å². The van der Waals surface area contributed by atoms with Crippen molar-refractivity contribution in [1.29, 1.82) is 0 Å². The number of halogens is 2. The molecule has 25 heavy (non-hydrogen) atoms. The SMILES string of the molecule is O=c1[nH]c(CC2CC2)nc2c1CCN(Cc1cc(F)cc(Cl)c1O)C2. The molecule has 2 N–H and O–H groups in total. The lowest BCUT2D eigenvalue weighted by Crippen LogP contribution is -2.35. The third-order valence-corrected chi connectivity index (χ3v) is 5.17. The van der Waals surface area contributed by atoms with Crippen molar-refractivity contribution >= 4 is 11.6 Å². The number of H-pyrrole nitrogens is 1. The Bertz CT molecular complexity index is 879. The summed E-state index contributed by atoms with van der Waals surface area (Å²) < 4.78 is 13.6. The lowest BCUT2D eigenvalue weighted by atomic mass is 10.0. The molecule has 0 spiro atoms. The Morgan fingerprint density at radius 2 is 2.20 bits per heavy atom. The van der Waals surface area contributed by atoms with Gasteiger partial charge in [-0.25, -0.2) is 9.37 Å². The molecule has 132 valence electrons. The van der Waals surface area contributed by atoms with Crippen LogP contribution in [0.25, 0.3) is 0 Å². The zero-order valence-electron chi connectivity index (χ0n) is 13.7. The summed E-state index contributed by atoms with van der Waals surface area (Å²) in [6.07, 6.45) is 3.81.